The lowest BCUT2D eigenvalue weighted by Gasteiger charge is -2.20. The number of carbonyl (C=O) groups excluding carboxylic acids is 1. The van der Waals surface area contributed by atoms with Crippen LogP contribution in [0.15, 0.2) is 30.3 Å². The topological polar surface area (TPSA) is 45.2 Å². The normalized spacial score (nSPS) is 12.3. The lowest BCUT2D eigenvalue weighted by molar-refractivity contribution is -0.267. The predicted octanol–water partition coefficient (Wildman–Crippen LogP) is 3.44. The molecule has 0 saturated heterocycles. The van der Waals surface area contributed by atoms with Crippen molar-refractivity contribution in [3.8, 4) is 0 Å². The Balaban J connectivity index is 2.49. The van der Waals surface area contributed by atoms with Gasteiger partial charge in [0.1, 0.15) is 5.82 Å². The second-order valence-electron chi connectivity index (χ2n) is 4.97. The third-order valence-corrected chi connectivity index (χ3v) is 3.05. The number of hydrogen-bond acceptors (Lipinski definition) is 3. The lowest BCUT2D eigenvalue weighted by atomic mass is 10.1. The number of aromatic nitrogens is 1. The van der Waals surface area contributed by atoms with Gasteiger partial charge in [-0.05, 0) is 6.07 Å². The van der Waals surface area contributed by atoms with Gasteiger partial charge >= 0.3 is 18.0 Å². The number of hydrogen-bond donors (Lipinski definition) is 1. The van der Waals surface area contributed by atoms with Gasteiger partial charge in [0.2, 0.25) is 0 Å². The standard InChI is InChI=1S/C14H12F5N3O/c1-22(2)11-7-10(8-5-3-4-6-9(8)20-11)21-12(23)13(15,16)14(17,18)19/h3-7H,1-2H3,(H,20,21,23). The molecule has 0 aliphatic rings. The zero-order valence-electron chi connectivity index (χ0n) is 12.1. The number of halogens is 5. The predicted molar refractivity (Wildman–Crippen MR) is 75.7 cm³/mol. The summed E-state index contributed by atoms with van der Waals surface area (Å²) in [5.74, 6) is -7.63. The molecule has 2 aromatic rings. The van der Waals surface area contributed by atoms with E-state index in [1.54, 1.807) is 37.6 Å². The number of para-hydroxylation sites is 1. The van der Waals surface area contributed by atoms with Gasteiger partial charge in [-0.2, -0.15) is 22.0 Å². The monoisotopic (exact) mass is 333 g/mol. The van der Waals surface area contributed by atoms with Gasteiger partial charge in [0.05, 0.1) is 11.2 Å². The fourth-order valence-corrected chi connectivity index (χ4v) is 1.82. The maximum Gasteiger partial charge on any atom is 0.463 e. The third-order valence-electron chi connectivity index (χ3n) is 3.05. The van der Waals surface area contributed by atoms with Gasteiger partial charge in [0, 0.05) is 25.5 Å². The minimum atomic E-state index is -5.97. The molecule has 23 heavy (non-hydrogen) atoms. The van der Waals surface area contributed by atoms with E-state index in [-0.39, 0.29) is 11.1 Å². The van der Waals surface area contributed by atoms with Crippen LogP contribution in [0, 0.1) is 0 Å². The fraction of sp³-hybridized carbons (Fsp3) is 0.286. The third kappa shape index (κ3) is 3.17. The maximum atomic E-state index is 13.1. The fourth-order valence-electron chi connectivity index (χ4n) is 1.82. The molecule has 124 valence electrons. The first-order valence-corrected chi connectivity index (χ1v) is 6.37. The molecule has 1 heterocycles. The van der Waals surface area contributed by atoms with E-state index in [0.717, 1.165) is 0 Å². The van der Waals surface area contributed by atoms with E-state index < -0.39 is 18.0 Å². The van der Waals surface area contributed by atoms with Crippen molar-refractivity contribution in [1.29, 1.82) is 0 Å². The minimum absolute atomic E-state index is 0.173. The highest BCUT2D eigenvalue weighted by Crippen LogP contribution is 2.37. The summed E-state index contributed by atoms with van der Waals surface area (Å²) in [6.45, 7) is 0. The summed E-state index contributed by atoms with van der Waals surface area (Å²) in [5.41, 5.74) is 0.178. The summed E-state index contributed by atoms with van der Waals surface area (Å²) < 4.78 is 63.0. The van der Waals surface area contributed by atoms with Gasteiger partial charge in [0.15, 0.2) is 0 Å². The number of alkyl halides is 5. The largest absolute Gasteiger partial charge is 0.463 e. The van der Waals surface area contributed by atoms with Gasteiger partial charge in [-0.1, -0.05) is 18.2 Å². The Hall–Kier alpha value is -2.45. The van der Waals surface area contributed by atoms with E-state index in [0.29, 0.717) is 11.3 Å². The van der Waals surface area contributed by atoms with Crippen molar-refractivity contribution < 1.29 is 26.7 Å². The van der Waals surface area contributed by atoms with Crippen LogP contribution >= 0.6 is 0 Å². The van der Waals surface area contributed by atoms with E-state index in [1.807, 2.05) is 0 Å². The zero-order valence-corrected chi connectivity index (χ0v) is 12.1. The molecule has 0 aliphatic heterocycles. The van der Waals surface area contributed by atoms with Gasteiger partial charge in [-0.3, -0.25) is 4.79 Å². The van der Waals surface area contributed by atoms with Crippen molar-refractivity contribution in [3.05, 3.63) is 30.3 Å². The van der Waals surface area contributed by atoms with Crippen molar-refractivity contribution >= 4 is 28.3 Å². The molecular weight excluding hydrogens is 321 g/mol. The molecule has 1 aromatic carbocycles. The Labute approximate surface area is 127 Å². The number of rotatable bonds is 3. The van der Waals surface area contributed by atoms with Crippen LogP contribution in [0.3, 0.4) is 0 Å². The summed E-state index contributed by atoms with van der Waals surface area (Å²) in [7, 11) is 3.24. The van der Waals surface area contributed by atoms with Crippen LogP contribution in [0.2, 0.25) is 0 Å². The number of amides is 1. The van der Waals surface area contributed by atoms with E-state index >= 15 is 0 Å². The molecule has 0 bridgehead atoms. The highest BCUT2D eigenvalue weighted by Gasteiger charge is 2.63. The smallest absolute Gasteiger partial charge is 0.363 e. The van der Waals surface area contributed by atoms with E-state index in [9.17, 15) is 26.7 Å². The van der Waals surface area contributed by atoms with Crippen LogP contribution in [-0.2, 0) is 4.79 Å². The Bertz CT molecular complexity index is 743. The molecule has 0 saturated carbocycles. The Kier molecular flexibility index (Phi) is 4.14. The van der Waals surface area contributed by atoms with Crippen molar-refractivity contribution in [1.82, 2.24) is 4.98 Å². The lowest BCUT2D eigenvalue weighted by Crippen LogP contribution is -2.47. The quantitative estimate of drug-likeness (QED) is 0.875. The summed E-state index contributed by atoms with van der Waals surface area (Å²) in [6, 6.07) is 7.43. The number of fused-ring (bicyclic) bond motifs is 1. The number of nitrogens with one attached hydrogen (secondary N) is 1. The minimum Gasteiger partial charge on any atom is -0.363 e. The second kappa shape index (κ2) is 5.64. The molecule has 0 spiro atoms. The number of carbonyl (C=O) groups is 1. The average Bonchev–Trinajstić information content (AvgIpc) is 2.45. The molecule has 0 unspecified atom stereocenters. The van der Waals surface area contributed by atoms with Crippen LogP contribution in [0.1, 0.15) is 0 Å². The summed E-state index contributed by atoms with van der Waals surface area (Å²) >= 11 is 0. The summed E-state index contributed by atoms with van der Waals surface area (Å²) in [5, 5.41) is 1.91. The molecule has 0 aliphatic carbocycles. The Morgan fingerprint density at radius 1 is 1.13 bits per heavy atom. The summed E-state index contributed by atoms with van der Waals surface area (Å²) in [4.78, 5) is 17.1. The average molecular weight is 333 g/mol. The number of nitrogens with zero attached hydrogens (tertiary/aromatic N) is 2. The van der Waals surface area contributed by atoms with Crippen LogP contribution in [0.4, 0.5) is 33.5 Å². The molecule has 2 rings (SSSR count). The van der Waals surface area contributed by atoms with Crippen molar-refractivity contribution in [3.63, 3.8) is 0 Å². The molecule has 9 heteroatoms. The highest BCUT2D eigenvalue weighted by atomic mass is 19.4. The van der Waals surface area contributed by atoms with Crippen LogP contribution in [0.25, 0.3) is 10.9 Å². The number of benzene rings is 1. The Morgan fingerprint density at radius 2 is 1.74 bits per heavy atom. The van der Waals surface area contributed by atoms with Crippen molar-refractivity contribution in [2.75, 3.05) is 24.3 Å². The zero-order chi connectivity index (χ0) is 17.4. The first-order valence-electron chi connectivity index (χ1n) is 6.37. The first-order chi connectivity index (χ1) is 10.5. The number of pyridine rings is 1. The molecule has 1 amide bonds. The maximum absolute atomic E-state index is 13.1. The van der Waals surface area contributed by atoms with Gasteiger partial charge < -0.3 is 10.2 Å². The SMILES string of the molecule is CN(C)c1cc(NC(=O)C(F)(F)C(F)(F)F)c2ccccc2n1. The van der Waals surface area contributed by atoms with Crippen LogP contribution in [0.5, 0.6) is 0 Å². The van der Waals surface area contributed by atoms with Crippen LogP contribution in [-0.4, -0.2) is 37.1 Å². The van der Waals surface area contributed by atoms with Crippen molar-refractivity contribution in [2.24, 2.45) is 0 Å². The molecule has 0 radical (unpaired) electrons. The molecule has 0 atom stereocenters. The second-order valence-corrected chi connectivity index (χ2v) is 4.97. The first kappa shape index (κ1) is 16.9. The van der Waals surface area contributed by atoms with Gasteiger partial charge in [-0.25, -0.2) is 4.98 Å². The van der Waals surface area contributed by atoms with Crippen molar-refractivity contribution in [2.45, 2.75) is 12.1 Å². The molecule has 1 N–H and O–H groups in total. The molecule has 4 nitrogen and oxygen atoms in total. The number of anilines is 2. The molecular formula is C14H12F5N3O. The van der Waals surface area contributed by atoms with Crippen LogP contribution < -0.4 is 10.2 Å². The van der Waals surface area contributed by atoms with E-state index in [2.05, 4.69) is 4.98 Å². The highest BCUT2D eigenvalue weighted by molar-refractivity contribution is 6.04. The molecule has 1 aromatic heterocycles. The molecule has 0 fully saturated rings. The van der Waals surface area contributed by atoms with Gasteiger partial charge in [-0.15, -0.1) is 0 Å². The van der Waals surface area contributed by atoms with E-state index in [1.165, 1.54) is 17.0 Å². The summed E-state index contributed by atoms with van der Waals surface area (Å²) in [6.07, 6.45) is -5.97. The van der Waals surface area contributed by atoms with Gasteiger partial charge in [0.25, 0.3) is 0 Å². The Morgan fingerprint density at radius 3 is 2.30 bits per heavy atom. The van der Waals surface area contributed by atoms with E-state index in [4.69, 9.17) is 0 Å².